The van der Waals surface area contributed by atoms with E-state index in [-0.39, 0.29) is 12.0 Å². The van der Waals surface area contributed by atoms with Crippen molar-refractivity contribution in [1.82, 2.24) is 15.5 Å². The summed E-state index contributed by atoms with van der Waals surface area (Å²) >= 11 is 0. The molecule has 0 saturated carbocycles. The normalized spacial score (nSPS) is 12.2. The zero-order chi connectivity index (χ0) is 21.9. The Morgan fingerprint density at radius 3 is 2.60 bits per heavy atom. The quantitative estimate of drug-likeness (QED) is 0.492. The first kappa shape index (κ1) is 23.3. The van der Waals surface area contributed by atoms with Crippen molar-refractivity contribution in [3.8, 4) is 5.75 Å². The first-order chi connectivity index (χ1) is 14.4. The molecule has 2 rings (SSSR count). The molecule has 0 aliphatic carbocycles. The average Bonchev–Trinajstić information content (AvgIpc) is 2.73. The topological polar surface area (TPSA) is 66.0 Å². The third-order valence-corrected chi connectivity index (χ3v) is 4.56. The summed E-state index contributed by atoms with van der Waals surface area (Å²) in [6.07, 6.45) is 0.768. The summed E-state index contributed by atoms with van der Waals surface area (Å²) in [6, 6.07) is 15.8. The number of ether oxygens (including phenoxy) is 1. The van der Waals surface area contributed by atoms with E-state index in [2.05, 4.69) is 15.6 Å². The van der Waals surface area contributed by atoms with E-state index >= 15 is 0 Å². The number of nitrogens with zero attached hydrogens (tertiary/aromatic N) is 2. The Labute approximate surface area is 180 Å². The maximum absolute atomic E-state index is 12.1. The van der Waals surface area contributed by atoms with Gasteiger partial charge in [-0.15, -0.1) is 0 Å². The van der Waals surface area contributed by atoms with Crippen LogP contribution in [0.1, 0.15) is 35.3 Å². The molecule has 6 heteroatoms. The molecule has 2 aromatic carbocycles. The van der Waals surface area contributed by atoms with Crippen LogP contribution in [0.15, 0.2) is 53.5 Å². The molecule has 0 saturated heterocycles. The monoisotopic (exact) mass is 410 g/mol. The van der Waals surface area contributed by atoms with E-state index in [1.165, 1.54) is 0 Å². The van der Waals surface area contributed by atoms with Crippen LogP contribution in [0.2, 0.25) is 0 Å². The van der Waals surface area contributed by atoms with E-state index in [1.807, 2.05) is 69.3 Å². The molecule has 0 aromatic heterocycles. The second kappa shape index (κ2) is 11.9. The van der Waals surface area contributed by atoms with E-state index in [0.717, 1.165) is 42.3 Å². The third-order valence-electron chi connectivity index (χ3n) is 4.56. The number of hydrogen-bond donors (Lipinski definition) is 2. The lowest BCUT2D eigenvalue weighted by Crippen LogP contribution is -2.39. The van der Waals surface area contributed by atoms with E-state index in [0.29, 0.717) is 12.1 Å². The van der Waals surface area contributed by atoms with Crippen LogP contribution < -0.4 is 15.4 Å². The summed E-state index contributed by atoms with van der Waals surface area (Å²) in [6.45, 7) is 8.16. The first-order valence-electron chi connectivity index (χ1n) is 10.5. The van der Waals surface area contributed by atoms with E-state index in [9.17, 15) is 4.79 Å². The van der Waals surface area contributed by atoms with Crippen LogP contribution >= 0.6 is 0 Å². The van der Waals surface area contributed by atoms with Crippen LogP contribution in [0, 0.1) is 6.92 Å². The number of amides is 1. The summed E-state index contributed by atoms with van der Waals surface area (Å²) in [7, 11) is 3.53. The number of nitrogens with one attached hydrogen (secondary N) is 2. The minimum atomic E-state index is -0.0321. The van der Waals surface area contributed by atoms with Gasteiger partial charge in [-0.2, -0.15) is 0 Å². The van der Waals surface area contributed by atoms with Crippen LogP contribution in [-0.2, 0) is 6.42 Å². The molecule has 1 atom stereocenters. The van der Waals surface area contributed by atoms with E-state index in [1.54, 1.807) is 19.0 Å². The molecular formula is C24H34N4O2. The highest BCUT2D eigenvalue weighted by Crippen LogP contribution is 2.17. The molecule has 0 aliphatic heterocycles. The maximum atomic E-state index is 12.1. The standard InChI is InChI=1S/C24H34N4O2/c1-6-25-24(27-17-19(3)30-22-13-8-7-10-18(22)2)26-15-14-20-11-9-12-21(16-20)23(29)28(4)5/h7-13,16,19H,6,14-15,17H2,1-5H3,(H2,25,26,27). The molecule has 0 spiro atoms. The zero-order valence-electron chi connectivity index (χ0n) is 18.7. The molecule has 30 heavy (non-hydrogen) atoms. The second-order valence-electron chi connectivity index (χ2n) is 7.49. The number of hydrogen-bond acceptors (Lipinski definition) is 3. The highest BCUT2D eigenvalue weighted by atomic mass is 16.5. The molecule has 6 nitrogen and oxygen atoms in total. The fourth-order valence-corrected chi connectivity index (χ4v) is 2.95. The molecule has 0 aliphatic rings. The summed E-state index contributed by atoms with van der Waals surface area (Å²) in [5, 5.41) is 6.63. The number of aryl methyl sites for hydroxylation is 1. The molecule has 162 valence electrons. The average molecular weight is 411 g/mol. The summed E-state index contributed by atoms with van der Waals surface area (Å²) in [4.78, 5) is 18.4. The van der Waals surface area contributed by atoms with Gasteiger partial charge in [0, 0.05) is 32.7 Å². The number of benzene rings is 2. The predicted octanol–water partition coefficient (Wildman–Crippen LogP) is 3.26. The van der Waals surface area contributed by atoms with Crippen molar-refractivity contribution in [2.75, 3.05) is 33.7 Å². The SMILES string of the molecule is CCNC(=NCC(C)Oc1ccccc1C)NCCc1cccc(C(=O)N(C)C)c1. The van der Waals surface area contributed by atoms with Crippen LogP contribution in [0.3, 0.4) is 0 Å². The minimum absolute atomic E-state index is 0.0161. The highest BCUT2D eigenvalue weighted by molar-refractivity contribution is 5.94. The highest BCUT2D eigenvalue weighted by Gasteiger charge is 2.09. The fraction of sp³-hybridized carbons (Fsp3) is 0.417. The van der Waals surface area contributed by atoms with Gasteiger partial charge in [0.15, 0.2) is 5.96 Å². The summed E-state index contributed by atoms with van der Waals surface area (Å²) in [5.41, 5.74) is 2.94. The Morgan fingerprint density at radius 2 is 1.90 bits per heavy atom. The molecule has 1 unspecified atom stereocenters. The number of carbonyl (C=O) groups excluding carboxylic acids is 1. The number of rotatable bonds is 9. The van der Waals surface area contributed by atoms with Gasteiger partial charge in [-0.1, -0.05) is 30.3 Å². The number of aliphatic imine (C=N–C) groups is 1. The van der Waals surface area contributed by atoms with Gasteiger partial charge in [0.2, 0.25) is 0 Å². The van der Waals surface area contributed by atoms with Gasteiger partial charge in [0.25, 0.3) is 5.91 Å². The molecule has 0 radical (unpaired) electrons. The lowest BCUT2D eigenvalue weighted by atomic mass is 10.1. The first-order valence-corrected chi connectivity index (χ1v) is 10.5. The number of guanidine groups is 1. The molecule has 0 fully saturated rings. The van der Waals surface area contributed by atoms with Crippen molar-refractivity contribution < 1.29 is 9.53 Å². The van der Waals surface area contributed by atoms with Crippen LogP contribution in [0.5, 0.6) is 5.75 Å². The van der Waals surface area contributed by atoms with Crippen molar-refractivity contribution in [2.24, 2.45) is 4.99 Å². The van der Waals surface area contributed by atoms with E-state index < -0.39 is 0 Å². The second-order valence-corrected chi connectivity index (χ2v) is 7.49. The van der Waals surface area contributed by atoms with E-state index in [4.69, 9.17) is 4.74 Å². The van der Waals surface area contributed by atoms with Crippen molar-refractivity contribution >= 4 is 11.9 Å². The third kappa shape index (κ3) is 7.43. The molecule has 0 bridgehead atoms. The van der Waals surface area contributed by atoms with Gasteiger partial charge in [-0.25, -0.2) is 4.99 Å². The van der Waals surface area contributed by atoms with Gasteiger partial charge in [-0.3, -0.25) is 4.79 Å². The lowest BCUT2D eigenvalue weighted by molar-refractivity contribution is 0.0827. The number of carbonyl (C=O) groups is 1. The Kier molecular flexibility index (Phi) is 9.19. The lowest BCUT2D eigenvalue weighted by Gasteiger charge is -2.16. The summed E-state index contributed by atoms with van der Waals surface area (Å²) < 4.78 is 6.00. The van der Waals surface area contributed by atoms with Crippen LogP contribution in [0.25, 0.3) is 0 Å². The fourth-order valence-electron chi connectivity index (χ4n) is 2.95. The Hall–Kier alpha value is -3.02. The predicted molar refractivity (Wildman–Crippen MR) is 123 cm³/mol. The molecule has 2 N–H and O–H groups in total. The minimum Gasteiger partial charge on any atom is -0.489 e. The van der Waals surface area contributed by atoms with Crippen LogP contribution in [-0.4, -0.2) is 56.6 Å². The molecule has 0 heterocycles. The maximum Gasteiger partial charge on any atom is 0.253 e. The van der Waals surface area contributed by atoms with Crippen molar-refractivity contribution in [2.45, 2.75) is 33.3 Å². The van der Waals surface area contributed by atoms with Crippen LogP contribution in [0.4, 0.5) is 0 Å². The molecule has 2 aromatic rings. The van der Waals surface area contributed by atoms with Crippen molar-refractivity contribution in [3.05, 3.63) is 65.2 Å². The largest absolute Gasteiger partial charge is 0.489 e. The molecular weight excluding hydrogens is 376 g/mol. The Morgan fingerprint density at radius 1 is 1.13 bits per heavy atom. The number of para-hydroxylation sites is 1. The van der Waals surface area contributed by atoms with Gasteiger partial charge in [0.05, 0.1) is 6.54 Å². The Balaban J connectivity index is 1.88. The zero-order valence-corrected chi connectivity index (χ0v) is 18.7. The van der Waals surface area contributed by atoms with Gasteiger partial charge >= 0.3 is 0 Å². The van der Waals surface area contributed by atoms with Gasteiger partial charge < -0.3 is 20.3 Å². The van der Waals surface area contributed by atoms with Gasteiger partial charge in [0.1, 0.15) is 11.9 Å². The van der Waals surface area contributed by atoms with Crippen molar-refractivity contribution in [1.29, 1.82) is 0 Å². The van der Waals surface area contributed by atoms with Crippen molar-refractivity contribution in [3.63, 3.8) is 0 Å². The summed E-state index contributed by atoms with van der Waals surface area (Å²) in [5.74, 6) is 1.67. The Bertz CT molecular complexity index is 849. The smallest absolute Gasteiger partial charge is 0.253 e. The molecule has 1 amide bonds. The van der Waals surface area contributed by atoms with Gasteiger partial charge in [-0.05, 0) is 56.5 Å².